The number of carbonyl (C=O) groups excluding carboxylic acids is 1. The fourth-order valence-corrected chi connectivity index (χ4v) is 3.19. The molecule has 2 nitrogen and oxygen atoms in total. The molecule has 104 valence electrons. The Morgan fingerprint density at radius 2 is 1.90 bits per heavy atom. The van der Waals surface area contributed by atoms with Crippen LogP contribution in [-0.2, 0) is 4.79 Å². The highest BCUT2D eigenvalue weighted by Crippen LogP contribution is 2.37. The van der Waals surface area contributed by atoms with Gasteiger partial charge in [0.15, 0.2) is 0 Å². The maximum atomic E-state index is 12.5. The lowest BCUT2D eigenvalue weighted by Crippen LogP contribution is -2.28. The van der Waals surface area contributed by atoms with Crippen molar-refractivity contribution in [3.8, 4) is 0 Å². The highest BCUT2D eigenvalue weighted by Gasteiger charge is 2.25. The molecule has 0 radical (unpaired) electrons. The monoisotopic (exact) mass is 267 g/mol. The molecule has 1 fully saturated rings. The molecule has 0 heterocycles. The zero-order chi connectivity index (χ0) is 13.9. The van der Waals surface area contributed by atoms with Crippen LogP contribution in [0, 0.1) is 0 Å². The molecule has 1 aromatic rings. The lowest BCUT2D eigenvalue weighted by atomic mass is 9.90. The Morgan fingerprint density at radius 3 is 2.70 bits per heavy atom. The van der Waals surface area contributed by atoms with E-state index in [9.17, 15) is 4.79 Å². The number of benzene rings is 1. The number of fused-ring (bicyclic) bond motifs is 1. The lowest BCUT2D eigenvalue weighted by molar-refractivity contribution is -0.118. The molecule has 20 heavy (non-hydrogen) atoms. The van der Waals surface area contributed by atoms with Crippen LogP contribution in [0.2, 0.25) is 0 Å². The molecule has 0 aliphatic heterocycles. The molecule has 3 rings (SSSR count). The molecule has 2 aliphatic carbocycles. The van der Waals surface area contributed by atoms with Gasteiger partial charge in [-0.25, -0.2) is 0 Å². The fourth-order valence-electron chi connectivity index (χ4n) is 3.19. The summed E-state index contributed by atoms with van der Waals surface area (Å²) in [6.07, 6.45) is 7.78. The van der Waals surface area contributed by atoms with E-state index in [0.717, 1.165) is 30.4 Å². The van der Waals surface area contributed by atoms with Crippen LogP contribution >= 0.6 is 0 Å². The van der Waals surface area contributed by atoms with Gasteiger partial charge in [-0.2, -0.15) is 0 Å². The topological polar surface area (TPSA) is 29.1 Å². The first-order chi connectivity index (χ1) is 9.75. The van der Waals surface area contributed by atoms with Crippen LogP contribution in [-0.4, -0.2) is 5.91 Å². The summed E-state index contributed by atoms with van der Waals surface area (Å²) in [6.45, 7) is 2.04. The summed E-state index contributed by atoms with van der Waals surface area (Å²) in [4.78, 5) is 12.5. The third-order valence-corrected chi connectivity index (χ3v) is 4.35. The molecular formula is C18H21NO. The Labute approximate surface area is 120 Å². The number of hydrogen-bond donors (Lipinski definition) is 1. The second-order valence-corrected chi connectivity index (χ2v) is 5.70. The molecule has 1 N–H and O–H groups in total. The van der Waals surface area contributed by atoms with Crippen molar-refractivity contribution >= 4 is 5.91 Å². The molecule has 1 amide bonds. The number of amides is 1. The van der Waals surface area contributed by atoms with Gasteiger partial charge in [0.05, 0.1) is 6.04 Å². The van der Waals surface area contributed by atoms with E-state index in [4.69, 9.17) is 0 Å². The number of allylic oxidation sites excluding steroid dienone is 3. The van der Waals surface area contributed by atoms with Crippen molar-refractivity contribution in [1.29, 1.82) is 0 Å². The molecule has 0 unspecified atom stereocenters. The summed E-state index contributed by atoms with van der Waals surface area (Å²) in [5.41, 5.74) is 4.91. The Balaban J connectivity index is 1.71. The molecular weight excluding hydrogens is 246 g/mol. The SMILES string of the molecule is C[C@H](NC(=O)C1=C2CCCCC2=CC1)c1ccccc1. The smallest absolute Gasteiger partial charge is 0.248 e. The van der Waals surface area contributed by atoms with E-state index >= 15 is 0 Å². The van der Waals surface area contributed by atoms with Gasteiger partial charge in [0.25, 0.3) is 0 Å². The van der Waals surface area contributed by atoms with Crippen molar-refractivity contribution in [2.24, 2.45) is 0 Å². The molecule has 0 aromatic heterocycles. The van der Waals surface area contributed by atoms with Crippen LogP contribution in [0.4, 0.5) is 0 Å². The van der Waals surface area contributed by atoms with Crippen LogP contribution in [0.5, 0.6) is 0 Å². The van der Waals surface area contributed by atoms with Gasteiger partial charge in [0.2, 0.25) is 5.91 Å². The number of hydrogen-bond acceptors (Lipinski definition) is 1. The molecule has 2 heteroatoms. The fraction of sp³-hybridized carbons (Fsp3) is 0.389. The third kappa shape index (κ3) is 2.55. The lowest BCUT2D eigenvalue weighted by Gasteiger charge is -2.19. The maximum Gasteiger partial charge on any atom is 0.248 e. The van der Waals surface area contributed by atoms with Crippen molar-refractivity contribution < 1.29 is 4.79 Å². The first-order valence-electron chi connectivity index (χ1n) is 7.53. The van der Waals surface area contributed by atoms with E-state index < -0.39 is 0 Å². The van der Waals surface area contributed by atoms with Gasteiger partial charge in [-0.1, -0.05) is 36.4 Å². The summed E-state index contributed by atoms with van der Waals surface area (Å²) in [5.74, 6) is 0.115. The van der Waals surface area contributed by atoms with Crippen molar-refractivity contribution in [2.75, 3.05) is 0 Å². The van der Waals surface area contributed by atoms with Gasteiger partial charge < -0.3 is 5.32 Å². The maximum absolute atomic E-state index is 12.5. The van der Waals surface area contributed by atoms with E-state index in [-0.39, 0.29) is 11.9 Å². The minimum absolute atomic E-state index is 0.0597. The normalized spacial score (nSPS) is 19.4. The number of carbonyl (C=O) groups is 1. The minimum atomic E-state index is 0.0597. The van der Waals surface area contributed by atoms with E-state index in [1.54, 1.807) is 0 Å². The zero-order valence-corrected chi connectivity index (χ0v) is 12.0. The summed E-state index contributed by atoms with van der Waals surface area (Å²) in [7, 11) is 0. The zero-order valence-electron chi connectivity index (χ0n) is 12.0. The quantitative estimate of drug-likeness (QED) is 0.879. The summed E-state index contributed by atoms with van der Waals surface area (Å²) in [6, 6.07) is 10.2. The van der Waals surface area contributed by atoms with Gasteiger partial charge >= 0.3 is 0 Å². The second kappa shape index (κ2) is 5.66. The van der Waals surface area contributed by atoms with Gasteiger partial charge in [0, 0.05) is 5.57 Å². The summed E-state index contributed by atoms with van der Waals surface area (Å²) < 4.78 is 0. The van der Waals surface area contributed by atoms with Crippen LogP contribution in [0.1, 0.15) is 50.6 Å². The number of nitrogens with one attached hydrogen (secondary N) is 1. The first kappa shape index (κ1) is 13.2. The van der Waals surface area contributed by atoms with Gasteiger partial charge in [-0.05, 0) is 55.7 Å². The molecule has 1 atom stereocenters. The highest BCUT2D eigenvalue weighted by atomic mass is 16.1. The van der Waals surface area contributed by atoms with Crippen molar-refractivity contribution in [3.05, 3.63) is 58.7 Å². The standard InChI is InChI=1S/C18H21NO/c1-13(14-7-3-2-4-8-14)19-18(20)17-12-11-15-9-5-6-10-16(15)17/h2-4,7-8,11,13H,5-6,9-10,12H2,1H3,(H,19,20)/t13-/m0/s1. The van der Waals surface area contributed by atoms with Crippen LogP contribution in [0.15, 0.2) is 53.1 Å². The van der Waals surface area contributed by atoms with E-state index in [2.05, 4.69) is 23.5 Å². The minimum Gasteiger partial charge on any atom is -0.346 e. The predicted octanol–water partition coefficient (Wildman–Crippen LogP) is 4.06. The van der Waals surface area contributed by atoms with Crippen LogP contribution in [0.3, 0.4) is 0 Å². The van der Waals surface area contributed by atoms with Crippen molar-refractivity contribution in [3.63, 3.8) is 0 Å². The van der Waals surface area contributed by atoms with Crippen LogP contribution in [0.25, 0.3) is 0 Å². The molecule has 2 aliphatic rings. The van der Waals surface area contributed by atoms with Gasteiger partial charge in [-0.3, -0.25) is 4.79 Å². The summed E-state index contributed by atoms with van der Waals surface area (Å²) >= 11 is 0. The van der Waals surface area contributed by atoms with E-state index in [1.165, 1.54) is 24.0 Å². The van der Waals surface area contributed by atoms with Gasteiger partial charge in [0.1, 0.15) is 0 Å². The first-order valence-corrected chi connectivity index (χ1v) is 7.53. The second-order valence-electron chi connectivity index (χ2n) is 5.70. The highest BCUT2D eigenvalue weighted by molar-refractivity contribution is 5.96. The third-order valence-electron chi connectivity index (χ3n) is 4.35. The Kier molecular flexibility index (Phi) is 3.72. The van der Waals surface area contributed by atoms with Crippen molar-refractivity contribution in [1.82, 2.24) is 5.32 Å². The average Bonchev–Trinajstić information content (AvgIpc) is 2.92. The predicted molar refractivity (Wildman–Crippen MR) is 81.2 cm³/mol. The van der Waals surface area contributed by atoms with E-state index in [0.29, 0.717) is 0 Å². The van der Waals surface area contributed by atoms with Crippen LogP contribution < -0.4 is 5.32 Å². The Hall–Kier alpha value is -1.83. The Bertz CT molecular complexity index is 568. The average molecular weight is 267 g/mol. The largest absolute Gasteiger partial charge is 0.346 e. The van der Waals surface area contributed by atoms with E-state index in [1.807, 2.05) is 25.1 Å². The summed E-state index contributed by atoms with van der Waals surface area (Å²) in [5, 5.41) is 3.14. The van der Waals surface area contributed by atoms with Crippen molar-refractivity contribution in [2.45, 2.75) is 45.1 Å². The molecule has 0 spiro atoms. The molecule has 1 saturated carbocycles. The molecule has 1 aromatic carbocycles. The van der Waals surface area contributed by atoms with Gasteiger partial charge in [-0.15, -0.1) is 0 Å². The molecule has 0 bridgehead atoms. The Morgan fingerprint density at radius 1 is 1.15 bits per heavy atom. The molecule has 0 saturated heterocycles. The number of rotatable bonds is 3.